The molecule has 5 heterocycles. The average molecular weight is 358 g/mol. The van der Waals surface area contributed by atoms with Gasteiger partial charge in [-0.05, 0) is 61.7 Å². The second-order valence-electron chi connectivity index (χ2n) is 7.21. The van der Waals surface area contributed by atoms with Gasteiger partial charge in [0.2, 0.25) is 0 Å². The van der Waals surface area contributed by atoms with Crippen LogP contribution in [0.2, 0.25) is 0 Å². The first-order valence-corrected chi connectivity index (χ1v) is 9.45. The molecule has 27 heavy (non-hydrogen) atoms. The van der Waals surface area contributed by atoms with E-state index < -0.39 is 0 Å². The van der Waals surface area contributed by atoms with Crippen LogP contribution in [0.15, 0.2) is 55.2 Å². The summed E-state index contributed by atoms with van der Waals surface area (Å²) in [5, 5.41) is 8.67. The fourth-order valence-corrected chi connectivity index (χ4v) is 4.15. The first-order chi connectivity index (χ1) is 13.4. The maximum atomic E-state index is 4.42. The van der Waals surface area contributed by atoms with Gasteiger partial charge in [-0.25, -0.2) is 4.98 Å². The van der Waals surface area contributed by atoms with Crippen molar-refractivity contribution in [2.75, 3.05) is 13.1 Å². The second kappa shape index (κ2) is 6.96. The Balaban J connectivity index is 1.28. The molecule has 0 radical (unpaired) electrons. The van der Waals surface area contributed by atoms with Gasteiger partial charge in [-0.2, -0.15) is 5.10 Å². The van der Waals surface area contributed by atoms with E-state index in [-0.39, 0.29) is 0 Å². The summed E-state index contributed by atoms with van der Waals surface area (Å²) in [4.78, 5) is 14.5. The number of rotatable bonds is 4. The van der Waals surface area contributed by atoms with Crippen LogP contribution in [0.1, 0.15) is 29.9 Å². The van der Waals surface area contributed by atoms with Crippen LogP contribution in [0.4, 0.5) is 0 Å². The zero-order chi connectivity index (χ0) is 18.1. The van der Waals surface area contributed by atoms with Gasteiger partial charge in [0.05, 0.1) is 11.9 Å². The second-order valence-corrected chi connectivity index (χ2v) is 7.21. The van der Waals surface area contributed by atoms with Gasteiger partial charge < -0.3 is 4.98 Å². The van der Waals surface area contributed by atoms with Crippen LogP contribution in [0, 0.1) is 0 Å². The molecule has 4 aromatic heterocycles. The van der Waals surface area contributed by atoms with Crippen molar-refractivity contribution in [2.45, 2.75) is 25.3 Å². The van der Waals surface area contributed by atoms with Crippen molar-refractivity contribution in [1.82, 2.24) is 30.0 Å². The van der Waals surface area contributed by atoms with Crippen LogP contribution in [0.3, 0.4) is 0 Å². The van der Waals surface area contributed by atoms with Crippen LogP contribution >= 0.6 is 0 Å². The molecule has 0 bridgehead atoms. The van der Waals surface area contributed by atoms with Crippen molar-refractivity contribution in [2.24, 2.45) is 0 Å². The molecule has 6 nitrogen and oxygen atoms in total. The SMILES string of the molecule is c1cncc(-c2[nH]ncc2CN2CCC(c3c[nH]c4ncccc34)CC2)c1. The van der Waals surface area contributed by atoms with Crippen molar-refractivity contribution >= 4 is 11.0 Å². The van der Waals surface area contributed by atoms with Gasteiger partial charge in [-0.1, -0.05) is 0 Å². The van der Waals surface area contributed by atoms with Crippen molar-refractivity contribution in [3.63, 3.8) is 0 Å². The Hall–Kier alpha value is -2.99. The zero-order valence-corrected chi connectivity index (χ0v) is 15.1. The Labute approximate surface area is 157 Å². The lowest BCUT2D eigenvalue weighted by molar-refractivity contribution is 0.205. The molecule has 136 valence electrons. The van der Waals surface area contributed by atoms with E-state index in [9.17, 15) is 0 Å². The quantitative estimate of drug-likeness (QED) is 0.583. The van der Waals surface area contributed by atoms with E-state index in [0.717, 1.165) is 36.5 Å². The third-order valence-corrected chi connectivity index (χ3v) is 5.57. The van der Waals surface area contributed by atoms with Crippen LogP contribution in [0.5, 0.6) is 0 Å². The van der Waals surface area contributed by atoms with Crippen LogP contribution < -0.4 is 0 Å². The minimum Gasteiger partial charge on any atom is -0.346 e. The van der Waals surface area contributed by atoms with Crippen LogP contribution in [-0.2, 0) is 6.54 Å². The molecule has 2 N–H and O–H groups in total. The topological polar surface area (TPSA) is 73.5 Å². The molecule has 0 unspecified atom stereocenters. The molecule has 1 aliphatic rings. The Morgan fingerprint density at radius 3 is 2.81 bits per heavy atom. The summed E-state index contributed by atoms with van der Waals surface area (Å²) >= 11 is 0. The number of pyridine rings is 2. The first-order valence-electron chi connectivity index (χ1n) is 9.45. The van der Waals surface area contributed by atoms with Gasteiger partial charge in [0.1, 0.15) is 5.65 Å². The summed E-state index contributed by atoms with van der Waals surface area (Å²) in [5.41, 5.74) is 5.81. The highest BCUT2D eigenvalue weighted by atomic mass is 15.2. The third kappa shape index (κ3) is 3.13. The molecular weight excluding hydrogens is 336 g/mol. The summed E-state index contributed by atoms with van der Waals surface area (Å²) in [7, 11) is 0. The Kier molecular flexibility index (Phi) is 4.18. The molecule has 0 aliphatic carbocycles. The van der Waals surface area contributed by atoms with Crippen LogP contribution in [0.25, 0.3) is 22.3 Å². The number of nitrogens with one attached hydrogen (secondary N) is 2. The fourth-order valence-electron chi connectivity index (χ4n) is 4.15. The Morgan fingerprint density at radius 1 is 1.07 bits per heavy atom. The number of aromatic amines is 2. The number of aromatic nitrogens is 5. The van der Waals surface area contributed by atoms with Crippen LogP contribution in [-0.4, -0.2) is 43.1 Å². The van der Waals surface area contributed by atoms with E-state index in [1.807, 2.05) is 30.7 Å². The number of hydrogen-bond donors (Lipinski definition) is 2. The standard InChI is InChI=1S/C21H22N6/c1-3-16(11-22-7-1)20-17(12-25-26-20)14-27-9-5-15(6-10-27)19-13-24-21-18(19)4-2-8-23-21/h1-4,7-8,11-13,15H,5-6,9-10,14H2,(H,23,24)(H,25,26). The number of piperidine rings is 1. The minimum absolute atomic E-state index is 0.598. The first kappa shape index (κ1) is 16.2. The summed E-state index contributed by atoms with van der Waals surface area (Å²) < 4.78 is 0. The molecule has 0 aromatic carbocycles. The molecule has 1 fully saturated rings. The van der Waals surface area contributed by atoms with E-state index in [4.69, 9.17) is 0 Å². The summed E-state index contributed by atoms with van der Waals surface area (Å²) in [5.74, 6) is 0.598. The predicted molar refractivity (Wildman–Crippen MR) is 105 cm³/mol. The van der Waals surface area contributed by atoms with E-state index in [2.05, 4.69) is 48.4 Å². The van der Waals surface area contributed by atoms with E-state index in [0.29, 0.717) is 5.92 Å². The molecule has 1 aliphatic heterocycles. The molecule has 0 saturated carbocycles. The Bertz CT molecular complexity index is 1030. The summed E-state index contributed by atoms with van der Waals surface area (Å²) in [6, 6.07) is 8.22. The normalized spacial score (nSPS) is 16.1. The van der Waals surface area contributed by atoms with Gasteiger partial charge in [0.25, 0.3) is 0 Å². The van der Waals surface area contributed by atoms with Crippen molar-refractivity contribution in [1.29, 1.82) is 0 Å². The number of H-pyrrole nitrogens is 2. The van der Waals surface area contributed by atoms with Gasteiger partial charge in [0, 0.05) is 47.8 Å². The van der Waals surface area contributed by atoms with E-state index in [1.165, 1.54) is 29.4 Å². The molecule has 0 spiro atoms. The maximum absolute atomic E-state index is 4.42. The van der Waals surface area contributed by atoms with Crippen molar-refractivity contribution in [3.05, 3.63) is 66.4 Å². The highest BCUT2D eigenvalue weighted by Gasteiger charge is 2.24. The van der Waals surface area contributed by atoms with E-state index >= 15 is 0 Å². The molecule has 5 rings (SSSR count). The fraction of sp³-hybridized carbons (Fsp3) is 0.286. The third-order valence-electron chi connectivity index (χ3n) is 5.57. The predicted octanol–water partition coefficient (Wildman–Crippen LogP) is 3.73. The van der Waals surface area contributed by atoms with Gasteiger partial charge in [0.15, 0.2) is 0 Å². The molecule has 0 amide bonds. The maximum Gasteiger partial charge on any atom is 0.137 e. The largest absolute Gasteiger partial charge is 0.346 e. The lowest BCUT2D eigenvalue weighted by Crippen LogP contribution is -2.32. The van der Waals surface area contributed by atoms with Gasteiger partial charge >= 0.3 is 0 Å². The number of fused-ring (bicyclic) bond motifs is 1. The molecular formula is C21H22N6. The highest BCUT2D eigenvalue weighted by molar-refractivity contribution is 5.80. The Morgan fingerprint density at radius 2 is 1.96 bits per heavy atom. The molecule has 6 heteroatoms. The molecule has 1 saturated heterocycles. The van der Waals surface area contributed by atoms with Crippen molar-refractivity contribution < 1.29 is 0 Å². The molecule has 4 aromatic rings. The van der Waals surface area contributed by atoms with Gasteiger partial charge in [-0.15, -0.1) is 0 Å². The summed E-state index contributed by atoms with van der Waals surface area (Å²) in [6.07, 6.45) is 12.0. The monoisotopic (exact) mass is 358 g/mol. The molecule has 0 atom stereocenters. The average Bonchev–Trinajstić information content (AvgIpc) is 3.36. The number of likely N-dealkylation sites (tertiary alicyclic amines) is 1. The van der Waals surface area contributed by atoms with Crippen molar-refractivity contribution in [3.8, 4) is 11.3 Å². The minimum atomic E-state index is 0.598. The number of hydrogen-bond acceptors (Lipinski definition) is 4. The summed E-state index contributed by atoms with van der Waals surface area (Å²) in [6.45, 7) is 3.10. The van der Waals surface area contributed by atoms with E-state index in [1.54, 1.807) is 6.20 Å². The highest BCUT2D eigenvalue weighted by Crippen LogP contribution is 2.33. The zero-order valence-electron chi connectivity index (χ0n) is 15.1. The lowest BCUT2D eigenvalue weighted by atomic mass is 9.89. The van der Waals surface area contributed by atoms with Gasteiger partial charge in [-0.3, -0.25) is 15.0 Å². The smallest absolute Gasteiger partial charge is 0.137 e. The number of nitrogens with zero attached hydrogens (tertiary/aromatic N) is 4. The lowest BCUT2D eigenvalue weighted by Gasteiger charge is -2.31.